The van der Waals surface area contributed by atoms with Crippen LogP contribution in [0.25, 0.3) is 0 Å². The Bertz CT molecular complexity index is 493. The van der Waals surface area contributed by atoms with Crippen molar-refractivity contribution >= 4 is 22.9 Å². The van der Waals surface area contributed by atoms with E-state index in [1.54, 1.807) is 11.3 Å². The van der Waals surface area contributed by atoms with Gasteiger partial charge in [-0.25, -0.2) is 0 Å². The molecule has 1 aromatic heterocycles. The predicted octanol–water partition coefficient (Wildman–Crippen LogP) is 3.49. The highest BCUT2D eigenvalue weighted by Gasteiger charge is 2.04. The van der Waals surface area contributed by atoms with E-state index in [1.165, 1.54) is 15.3 Å². The van der Waals surface area contributed by atoms with Crippen molar-refractivity contribution < 1.29 is 0 Å². The number of halogens is 1. The van der Waals surface area contributed by atoms with Gasteiger partial charge in [0.15, 0.2) is 0 Å². The molecule has 0 saturated carbocycles. The largest absolute Gasteiger partial charge is 0.326 e. The molecule has 0 amide bonds. The molecule has 0 spiro atoms. The molecule has 0 aliphatic heterocycles. The minimum absolute atomic E-state index is 0.631. The summed E-state index contributed by atoms with van der Waals surface area (Å²) >= 11 is 7.66. The van der Waals surface area contributed by atoms with Crippen LogP contribution < -0.4 is 5.73 Å². The standard InChI is InChI=1S/C14H17ClN2S/c1-17(9-11-2-4-12(15)5-3-11)10-14-7-6-13(8-16)18-14/h2-7H,8-10,16H2,1H3. The van der Waals surface area contributed by atoms with E-state index in [1.807, 2.05) is 12.1 Å². The molecule has 2 N–H and O–H groups in total. The van der Waals surface area contributed by atoms with Gasteiger partial charge in [0.25, 0.3) is 0 Å². The average molecular weight is 281 g/mol. The molecule has 18 heavy (non-hydrogen) atoms. The molecule has 0 aliphatic carbocycles. The van der Waals surface area contributed by atoms with Gasteiger partial charge in [0, 0.05) is 34.4 Å². The lowest BCUT2D eigenvalue weighted by molar-refractivity contribution is 0.322. The number of thiophene rings is 1. The summed E-state index contributed by atoms with van der Waals surface area (Å²) in [7, 11) is 2.12. The van der Waals surface area contributed by atoms with Crippen molar-refractivity contribution in [2.24, 2.45) is 5.73 Å². The van der Waals surface area contributed by atoms with Gasteiger partial charge in [0.2, 0.25) is 0 Å². The molecule has 0 aliphatic rings. The summed E-state index contributed by atoms with van der Waals surface area (Å²) < 4.78 is 0. The molecule has 96 valence electrons. The van der Waals surface area contributed by atoms with Crippen molar-refractivity contribution in [3.63, 3.8) is 0 Å². The first-order valence-corrected chi connectivity index (χ1v) is 7.07. The zero-order valence-electron chi connectivity index (χ0n) is 10.4. The number of benzene rings is 1. The van der Waals surface area contributed by atoms with E-state index >= 15 is 0 Å². The Labute approximate surface area is 117 Å². The van der Waals surface area contributed by atoms with Gasteiger partial charge in [-0.15, -0.1) is 11.3 Å². The third kappa shape index (κ3) is 3.82. The molecule has 2 rings (SSSR count). The van der Waals surface area contributed by atoms with Crippen molar-refractivity contribution in [1.29, 1.82) is 0 Å². The van der Waals surface area contributed by atoms with E-state index < -0.39 is 0 Å². The molecule has 0 atom stereocenters. The summed E-state index contributed by atoms with van der Waals surface area (Å²) in [6, 6.07) is 12.3. The van der Waals surface area contributed by atoms with Crippen molar-refractivity contribution in [2.45, 2.75) is 19.6 Å². The Morgan fingerprint density at radius 2 is 1.72 bits per heavy atom. The van der Waals surface area contributed by atoms with Crippen LogP contribution in [0.2, 0.25) is 5.02 Å². The van der Waals surface area contributed by atoms with Crippen LogP contribution in [0, 0.1) is 0 Å². The van der Waals surface area contributed by atoms with Crippen molar-refractivity contribution in [1.82, 2.24) is 4.90 Å². The van der Waals surface area contributed by atoms with Crippen LogP contribution in [0.5, 0.6) is 0 Å². The maximum Gasteiger partial charge on any atom is 0.0406 e. The summed E-state index contributed by atoms with van der Waals surface area (Å²) in [4.78, 5) is 4.88. The lowest BCUT2D eigenvalue weighted by atomic mass is 10.2. The number of rotatable bonds is 5. The van der Waals surface area contributed by atoms with Crippen molar-refractivity contribution in [3.05, 3.63) is 56.7 Å². The van der Waals surface area contributed by atoms with Crippen LogP contribution in [-0.4, -0.2) is 11.9 Å². The number of nitrogens with two attached hydrogens (primary N) is 1. The first-order chi connectivity index (χ1) is 8.67. The van der Waals surface area contributed by atoms with Gasteiger partial charge in [-0.2, -0.15) is 0 Å². The zero-order chi connectivity index (χ0) is 13.0. The first kappa shape index (κ1) is 13.6. The highest BCUT2D eigenvalue weighted by Crippen LogP contribution is 2.18. The zero-order valence-corrected chi connectivity index (χ0v) is 12.0. The molecule has 1 heterocycles. The highest BCUT2D eigenvalue weighted by molar-refractivity contribution is 7.11. The third-order valence-corrected chi connectivity index (χ3v) is 4.05. The van der Waals surface area contributed by atoms with E-state index in [0.29, 0.717) is 6.54 Å². The predicted molar refractivity (Wildman–Crippen MR) is 78.8 cm³/mol. The molecule has 2 aromatic rings. The Kier molecular flexibility index (Phi) is 4.78. The average Bonchev–Trinajstić information content (AvgIpc) is 2.79. The molecular formula is C14H17ClN2S. The first-order valence-electron chi connectivity index (χ1n) is 5.88. The number of nitrogens with zero attached hydrogens (tertiary/aromatic N) is 1. The molecule has 4 heteroatoms. The maximum atomic E-state index is 5.87. The molecule has 2 nitrogen and oxygen atoms in total. The van der Waals surface area contributed by atoms with Gasteiger partial charge in [-0.1, -0.05) is 23.7 Å². The Morgan fingerprint density at radius 1 is 1.06 bits per heavy atom. The summed E-state index contributed by atoms with van der Waals surface area (Å²) in [5.41, 5.74) is 6.89. The summed E-state index contributed by atoms with van der Waals surface area (Å²) in [5.74, 6) is 0. The van der Waals surface area contributed by atoms with Crippen LogP contribution in [0.4, 0.5) is 0 Å². The molecule has 1 aromatic carbocycles. The van der Waals surface area contributed by atoms with Gasteiger partial charge in [0.05, 0.1) is 0 Å². The van der Waals surface area contributed by atoms with Gasteiger partial charge in [0.1, 0.15) is 0 Å². The van der Waals surface area contributed by atoms with Crippen LogP contribution >= 0.6 is 22.9 Å². The molecule has 0 radical (unpaired) electrons. The third-order valence-electron chi connectivity index (χ3n) is 2.71. The number of hydrogen-bond donors (Lipinski definition) is 1. The minimum atomic E-state index is 0.631. The smallest absolute Gasteiger partial charge is 0.0406 e. The Morgan fingerprint density at radius 3 is 2.33 bits per heavy atom. The van der Waals surface area contributed by atoms with E-state index in [2.05, 4.69) is 36.2 Å². The monoisotopic (exact) mass is 280 g/mol. The summed E-state index contributed by atoms with van der Waals surface area (Å²) in [6.07, 6.45) is 0. The van der Waals surface area contributed by atoms with Gasteiger partial charge >= 0.3 is 0 Å². The van der Waals surface area contributed by atoms with E-state index in [4.69, 9.17) is 17.3 Å². The van der Waals surface area contributed by atoms with Crippen LogP contribution in [-0.2, 0) is 19.6 Å². The fourth-order valence-corrected chi connectivity index (χ4v) is 2.94. The lowest BCUT2D eigenvalue weighted by Gasteiger charge is -2.15. The fourth-order valence-electron chi connectivity index (χ4n) is 1.84. The second kappa shape index (κ2) is 6.34. The van der Waals surface area contributed by atoms with Crippen LogP contribution in [0.15, 0.2) is 36.4 Å². The SMILES string of the molecule is CN(Cc1ccc(Cl)cc1)Cc1ccc(CN)s1. The fraction of sp³-hybridized carbons (Fsp3) is 0.286. The van der Waals surface area contributed by atoms with Crippen LogP contribution in [0.1, 0.15) is 15.3 Å². The Hall–Kier alpha value is -0.870. The van der Waals surface area contributed by atoms with Gasteiger partial charge in [-0.3, -0.25) is 4.90 Å². The van der Waals surface area contributed by atoms with E-state index in [-0.39, 0.29) is 0 Å². The molecule has 0 fully saturated rings. The molecular weight excluding hydrogens is 264 g/mol. The molecule has 0 saturated heterocycles. The Balaban J connectivity index is 1.91. The lowest BCUT2D eigenvalue weighted by Crippen LogP contribution is -2.16. The maximum absolute atomic E-state index is 5.87. The quantitative estimate of drug-likeness (QED) is 0.908. The highest BCUT2D eigenvalue weighted by atomic mass is 35.5. The van der Waals surface area contributed by atoms with E-state index in [9.17, 15) is 0 Å². The minimum Gasteiger partial charge on any atom is -0.326 e. The number of hydrogen-bond acceptors (Lipinski definition) is 3. The molecule has 0 bridgehead atoms. The molecule has 0 unspecified atom stereocenters. The van der Waals surface area contributed by atoms with Crippen LogP contribution in [0.3, 0.4) is 0 Å². The van der Waals surface area contributed by atoms with Crippen molar-refractivity contribution in [3.8, 4) is 0 Å². The second-order valence-corrected chi connectivity index (χ2v) is 6.06. The van der Waals surface area contributed by atoms with Gasteiger partial charge < -0.3 is 5.73 Å². The topological polar surface area (TPSA) is 29.3 Å². The second-order valence-electron chi connectivity index (χ2n) is 4.37. The summed E-state index contributed by atoms with van der Waals surface area (Å²) in [6.45, 7) is 2.51. The van der Waals surface area contributed by atoms with Crippen molar-refractivity contribution in [2.75, 3.05) is 7.05 Å². The normalized spacial score (nSPS) is 11.1. The summed E-state index contributed by atoms with van der Waals surface area (Å²) in [5, 5.41) is 0.784. The van der Waals surface area contributed by atoms with E-state index in [0.717, 1.165) is 18.1 Å². The van der Waals surface area contributed by atoms with Gasteiger partial charge in [-0.05, 0) is 36.9 Å².